The van der Waals surface area contributed by atoms with Crippen LogP contribution in [0.4, 0.5) is 0 Å². The molecule has 2 aromatic carbocycles. The topological polar surface area (TPSA) is 35.5 Å². The van der Waals surface area contributed by atoms with Crippen LogP contribution in [0.3, 0.4) is 0 Å². The first-order valence-electron chi connectivity index (χ1n) is 9.46. The van der Waals surface area contributed by atoms with E-state index in [0.29, 0.717) is 25.0 Å². The van der Waals surface area contributed by atoms with Crippen molar-refractivity contribution in [3.8, 4) is 11.1 Å². The molecule has 3 atom stereocenters. The molecular weight excluding hydrogens is 324 g/mol. The van der Waals surface area contributed by atoms with Crippen LogP contribution in [0.2, 0.25) is 0 Å². The highest BCUT2D eigenvalue weighted by molar-refractivity contribution is 5.78. The summed E-state index contributed by atoms with van der Waals surface area (Å²) < 4.78 is 11.7. The van der Waals surface area contributed by atoms with Gasteiger partial charge in [-0.1, -0.05) is 60.7 Å². The molecule has 0 saturated heterocycles. The standard InChI is InChI=1S/C23H22O3/c24-23(21-14-15-9-10-16(21)13-15)26-12-11-25-22-19-7-3-1-5-17(19)18-6-2-4-8-20(18)22/h1-10,15-16,21-22H,11-14H2. The molecule has 3 aliphatic rings. The zero-order valence-corrected chi connectivity index (χ0v) is 14.6. The molecule has 3 unspecified atom stereocenters. The first-order chi connectivity index (χ1) is 12.8. The van der Waals surface area contributed by atoms with E-state index in [1.165, 1.54) is 22.3 Å². The number of hydrogen-bond acceptors (Lipinski definition) is 3. The second-order valence-electron chi connectivity index (χ2n) is 7.48. The number of benzene rings is 2. The third kappa shape index (κ3) is 2.58. The SMILES string of the molecule is O=C(OCCOC1c2ccccc2-c2ccccc21)C1CC2C=CC1C2. The molecule has 1 fully saturated rings. The average Bonchev–Trinajstić information content (AvgIpc) is 3.39. The van der Waals surface area contributed by atoms with Gasteiger partial charge in [0.2, 0.25) is 0 Å². The summed E-state index contributed by atoms with van der Waals surface area (Å²) in [5, 5.41) is 0. The Balaban J connectivity index is 1.21. The van der Waals surface area contributed by atoms with Crippen LogP contribution < -0.4 is 0 Å². The minimum absolute atomic E-state index is 0.0536. The minimum atomic E-state index is -0.0773. The zero-order valence-electron chi connectivity index (χ0n) is 14.6. The Morgan fingerprint density at radius 1 is 0.885 bits per heavy atom. The third-order valence-electron chi connectivity index (χ3n) is 5.97. The number of esters is 1. The Labute approximate surface area is 153 Å². The van der Waals surface area contributed by atoms with Crippen molar-refractivity contribution in [2.45, 2.75) is 18.9 Å². The van der Waals surface area contributed by atoms with Crippen LogP contribution in [-0.4, -0.2) is 19.2 Å². The average molecular weight is 346 g/mol. The highest BCUT2D eigenvalue weighted by Gasteiger charge is 2.40. The van der Waals surface area contributed by atoms with E-state index in [9.17, 15) is 4.79 Å². The van der Waals surface area contributed by atoms with Crippen LogP contribution in [0.1, 0.15) is 30.1 Å². The van der Waals surface area contributed by atoms with E-state index in [1.54, 1.807) is 0 Å². The van der Waals surface area contributed by atoms with Gasteiger partial charge in [-0.05, 0) is 46.9 Å². The number of allylic oxidation sites excluding steroid dienone is 2. The van der Waals surface area contributed by atoms with Gasteiger partial charge in [-0.15, -0.1) is 0 Å². The van der Waals surface area contributed by atoms with E-state index < -0.39 is 0 Å². The normalized spacial score (nSPS) is 25.3. The quantitative estimate of drug-likeness (QED) is 0.453. The molecule has 0 amide bonds. The maximum Gasteiger partial charge on any atom is 0.309 e. The smallest absolute Gasteiger partial charge is 0.309 e. The van der Waals surface area contributed by atoms with Gasteiger partial charge < -0.3 is 9.47 Å². The Morgan fingerprint density at radius 2 is 1.58 bits per heavy atom. The molecule has 3 nitrogen and oxygen atoms in total. The zero-order chi connectivity index (χ0) is 17.5. The molecule has 3 aliphatic carbocycles. The molecular formula is C23H22O3. The lowest BCUT2D eigenvalue weighted by Crippen LogP contribution is -2.23. The highest BCUT2D eigenvalue weighted by Crippen LogP contribution is 2.45. The maximum atomic E-state index is 12.3. The summed E-state index contributed by atoms with van der Waals surface area (Å²) >= 11 is 0. The van der Waals surface area contributed by atoms with E-state index >= 15 is 0 Å². The van der Waals surface area contributed by atoms with Crippen LogP contribution >= 0.6 is 0 Å². The molecule has 2 aromatic rings. The first kappa shape index (κ1) is 15.8. The molecule has 0 aliphatic heterocycles. The van der Waals surface area contributed by atoms with Gasteiger partial charge in [-0.3, -0.25) is 4.79 Å². The summed E-state index contributed by atoms with van der Waals surface area (Å²) in [5.74, 6) is 0.970. The predicted octanol–water partition coefficient (Wildman–Crippen LogP) is 4.53. The molecule has 5 rings (SSSR count). The van der Waals surface area contributed by atoms with E-state index in [4.69, 9.17) is 9.47 Å². The van der Waals surface area contributed by atoms with Gasteiger partial charge >= 0.3 is 5.97 Å². The van der Waals surface area contributed by atoms with Gasteiger partial charge in [-0.25, -0.2) is 0 Å². The van der Waals surface area contributed by atoms with Crippen LogP contribution in [0.5, 0.6) is 0 Å². The Hall–Kier alpha value is -2.39. The second kappa shape index (κ2) is 6.40. The van der Waals surface area contributed by atoms with Gasteiger partial charge in [-0.2, -0.15) is 0 Å². The van der Waals surface area contributed by atoms with Crippen molar-refractivity contribution < 1.29 is 14.3 Å². The number of carbonyl (C=O) groups is 1. The Bertz CT molecular complexity index is 824. The van der Waals surface area contributed by atoms with Crippen molar-refractivity contribution in [3.05, 3.63) is 71.8 Å². The van der Waals surface area contributed by atoms with Crippen LogP contribution in [0.25, 0.3) is 11.1 Å². The van der Waals surface area contributed by atoms with Crippen molar-refractivity contribution in [2.75, 3.05) is 13.2 Å². The number of carbonyl (C=O) groups excluding carboxylic acids is 1. The van der Waals surface area contributed by atoms with Crippen molar-refractivity contribution in [3.63, 3.8) is 0 Å². The fourth-order valence-corrected chi connectivity index (χ4v) is 4.76. The fourth-order valence-electron chi connectivity index (χ4n) is 4.76. The molecule has 0 spiro atoms. The van der Waals surface area contributed by atoms with Crippen LogP contribution in [0, 0.1) is 17.8 Å². The second-order valence-corrected chi connectivity index (χ2v) is 7.48. The molecule has 1 saturated carbocycles. The summed E-state index contributed by atoms with van der Waals surface area (Å²) in [5.41, 5.74) is 4.86. The Morgan fingerprint density at radius 3 is 2.19 bits per heavy atom. The molecule has 0 N–H and O–H groups in total. The van der Waals surface area contributed by atoms with Crippen LogP contribution in [0.15, 0.2) is 60.7 Å². The summed E-state index contributed by atoms with van der Waals surface area (Å²) in [7, 11) is 0. The minimum Gasteiger partial charge on any atom is -0.463 e. The lowest BCUT2D eigenvalue weighted by molar-refractivity contribution is -0.151. The van der Waals surface area contributed by atoms with Gasteiger partial charge in [0, 0.05) is 0 Å². The molecule has 0 heterocycles. The van der Waals surface area contributed by atoms with Crippen molar-refractivity contribution in [2.24, 2.45) is 17.8 Å². The number of hydrogen-bond donors (Lipinski definition) is 0. The molecule has 0 aromatic heterocycles. The van der Waals surface area contributed by atoms with Gasteiger partial charge in [0.1, 0.15) is 12.7 Å². The molecule has 2 bridgehead atoms. The van der Waals surface area contributed by atoms with E-state index in [-0.39, 0.29) is 18.0 Å². The first-order valence-corrected chi connectivity index (χ1v) is 9.46. The summed E-state index contributed by atoms with van der Waals surface area (Å²) in [6, 6.07) is 16.7. The highest BCUT2D eigenvalue weighted by atomic mass is 16.6. The lowest BCUT2D eigenvalue weighted by Gasteiger charge is -2.18. The van der Waals surface area contributed by atoms with Crippen molar-refractivity contribution in [1.29, 1.82) is 0 Å². The van der Waals surface area contributed by atoms with E-state index in [0.717, 1.165) is 12.8 Å². The fraction of sp³-hybridized carbons (Fsp3) is 0.348. The van der Waals surface area contributed by atoms with Crippen molar-refractivity contribution >= 4 is 5.97 Å². The lowest BCUT2D eigenvalue weighted by atomic mass is 9.94. The maximum absolute atomic E-state index is 12.3. The largest absolute Gasteiger partial charge is 0.463 e. The third-order valence-corrected chi connectivity index (χ3v) is 5.97. The van der Waals surface area contributed by atoms with Gasteiger partial charge in [0.15, 0.2) is 0 Å². The predicted molar refractivity (Wildman–Crippen MR) is 99.5 cm³/mol. The van der Waals surface area contributed by atoms with Gasteiger partial charge in [0.25, 0.3) is 0 Å². The number of fused-ring (bicyclic) bond motifs is 5. The molecule has 0 radical (unpaired) electrons. The van der Waals surface area contributed by atoms with Gasteiger partial charge in [0.05, 0.1) is 12.5 Å². The monoisotopic (exact) mass is 346 g/mol. The van der Waals surface area contributed by atoms with E-state index in [1.807, 2.05) is 12.1 Å². The molecule has 26 heavy (non-hydrogen) atoms. The molecule has 3 heteroatoms. The van der Waals surface area contributed by atoms with E-state index in [2.05, 4.69) is 48.6 Å². The molecule has 132 valence electrons. The summed E-state index contributed by atoms with van der Waals surface area (Å²) in [6.45, 7) is 0.729. The number of ether oxygens (including phenoxy) is 2. The summed E-state index contributed by atoms with van der Waals surface area (Å²) in [6.07, 6.45) is 6.41. The number of rotatable bonds is 5. The summed E-state index contributed by atoms with van der Waals surface area (Å²) in [4.78, 5) is 12.3. The van der Waals surface area contributed by atoms with Crippen molar-refractivity contribution in [1.82, 2.24) is 0 Å². The Kier molecular flexibility index (Phi) is 3.90. The van der Waals surface area contributed by atoms with Crippen LogP contribution in [-0.2, 0) is 14.3 Å².